The molecule has 1 aromatic heterocycles. The summed E-state index contributed by atoms with van der Waals surface area (Å²) in [6.07, 6.45) is 5.50. The molecule has 0 radical (unpaired) electrons. The van der Waals surface area contributed by atoms with Crippen molar-refractivity contribution < 1.29 is 9.90 Å². The number of amides is 1. The smallest absolute Gasteiger partial charge is 0.261 e. The van der Waals surface area contributed by atoms with Crippen molar-refractivity contribution in [1.82, 2.24) is 5.32 Å². The molecule has 1 heterocycles. The van der Waals surface area contributed by atoms with Crippen LogP contribution in [0.15, 0.2) is 6.07 Å². The van der Waals surface area contributed by atoms with Gasteiger partial charge in [-0.2, -0.15) is 0 Å². The molecule has 1 amide bonds. The molecule has 4 heteroatoms. The predicted octanol–water partition coefficient (Wildman–Crippen LogP) is 2.13. The van der Waals surface area contributed by atoms with Gasteiger partial charge in [0.15, 0.2) is 0 Å². The minimum atomic E-state index is -0.489. The number of fused-ring (bicyclic) bond motifs is 1. The standard InChI is InChI=1S/C13H19NO2S/c1-9(15)8-14-13(16)12-7-10-5-3-2-4-6-11(10)17-12/h7,9,15H,2-6,8H2,1H3,(H,14,16)/t9-/m1/s1. The lowest BCUT2D eigenvalue weighted by molar-refractivity contribution is 0.0928. The van der Waals surface area contributed by atoms with E-state index in [2.05, 4.69) is 5.32 Å². The van der Waals surface area contributed by atoms with Crippen LogP contribution in [0.2, 0.25) is 0 Å². The molecular formula is C13H19NO2S. The lowest BCUT2D eigenvalue weighted by Crippen LogP contribution is -2.29. The summed E-state index contributed by atoms with van der Waals surface area (Å²) in [4.78, 5) is 14.0. The van der Waals surface area contributed by atoms with Gasteiger partial charge >= 0.3 is 0 Å². The molecule has 3 nitrogen and oxygen atoms in total. The number of aliphatic hydroxyl groups excluding tert-OH is 1. The summed E-state index contributed by atoms with van der Waals surface area (Å²) >= 11 is 1.61. The van der Waals surface area contributed by atoms with Gasteiger partial charge in [-0.05, 0) is 44.2 Å². The highest BCUT2D eigenvalue weighted by Gasteiger charge is 2.16. The van der Waals surface area contributed by atoms with Crippen LogP contribution in [0.25, 0.3) is 0 Å². The van der Waals surface area contributed by atoms with E-state index in [1.807, 2.05) is 6.07 Å². The fraction of sp³-hybridized carbons (Fsp3) is 0.615. The van der Waals surface area contributed by atoms with Crippen molar-refractivity contribution in [3.05, 3.63) is 21.4 Å². The van der Waals surface area contributed by atoms with Gasteiger partial charge in [0.1, 0.15) is 0 Å². The van der Waals surface area contributed by atoms with Crippen molar-refractivity contribution in [2.75, 3.05) is 6.54 Å². The Morgan fingerprint density at radius 2 is 2.24 bits per heavy atom. The monoisotopic (exact) mass is 253 g/mol. The first-order valence-corrected chi connectivity index (χ1v) is 7.06. The highest BCUT2D eigenvalue weighted by Crippen LogP contribution is 2.28. The molecule has 1 aliphatic carbocycles. The molecule has 0 fully saturated rings. The molecule has 2 N–H and O–H groups in total. The van der Waals surface area contributed by atoms with E-state index in [0.717, 1.165) is 17.7 Å². The lowest BCUT2D eigenvalue weighted by atomic mass is 10.1. The van der Waals surface area contributed by atoms with E-state index in [1.54, 1.807) is 18.3 Å². The van der Waals surface area contributed by atoms with E-state index in [9.17, 15) is 4.79 Å². The van der Waals surface area contributed by atoms with Gasteiger partial charge in [-0.3, -0.25) is 4.79 Å². The van der Waals surface area contributed by atoms with Crippen molar-refractivity contribution in [2.45, 2.75) is 45.1 Å². The predicted molar refractivity (Wildman–Crippen MR) is 69.6 cm³/mol. The fourth-order valence-corrected chi connectivity index (χ4v) is 3.28. The maximum atomic E-state index is 11.8. The van der Waals surface area contributed by atoms with Crippen molar-refractivity contribution in [1.29, 1.82) is 0 Å². The molecular weight excluding hydrogens is 234 g/mol. The zero-order valence-corrected chi connectivity index (χ0v) is 11.0. The topological polar surface area (TPSA) is 49.3 Å². The van der Waals surface area contributed by atoms with Crippen LogP contribution in [0.3, 0.4) is 0 Å². The normalized spacial score (nSPS) is 17.1. The number of thiophene rings is 1. The Kier molecular flexibility index (Phi) is 4.18. The molecule has 1 aliphatic rings. The molecule has 1 aromatic rings. The van der Waals surface area contributed by atoms with Gasteiger partial charge in [-0.25, -0.2) is 0 Å². The molecule has 0 spiro atoms. The summed E-state index contributed by atoms with van der Waals surface area (Å²) in [6.45, 7) is 1.99. The Labute approximate surface area is 106 Å². The number of carbonyl (C=O) groups is 1. The number of aliphatic hydroxyl groups is 1. The van der Waals surface area contributed by atoms with E-state index in [-0.39, 0.29) is 5.91 Å². The zero-order valence-electron chi connectivity index (χ0n) is 10.2. The fourth-order valence-electron chi connectivity index (χ4n) is 2.11. The number of carbonyl (C=O) groups excluding carboxylic acids is 1. The highest BCUT2D eigenvalue weighted by atomic mass is 32.1. The Bertz CT molecular complexity index is 375. The SMILES string of the molecule is C[C@@H](O)CNC(=O)c1cc2c(s1)CCCCC2. The third-order valence-corrected chi connectivity index (χ3v) is 4.26. The summed E-state index contributed by atoms with van der Waals surface area (Å²) in [5.41, 5.74) is 1.36. The van der Waals surface area contributed by atoms with Crippen LogP contribution in [-0.2, 0) is 12.8 Å². The van der Waals surface area contributed by atoms with Gasteiger partial charge < -0.3 is 10.4 Å². The Morgan fingerprint density at radius 1 is 1.47 bits per heavy atom. The quantitative estimate of drug-likeness (QED) is 0.811. The van der Waals surface area contributed by atoms with Crippen LogP contribution in [0, 0.1) is 0 Å². The Morgan fingerprint density at radius 3 is 3.00 bits per heavy atom. The van der Waals surface area contributed by atoms with E-state index in [0.29, 0.717) is 6.54 Å². The van der Waals surface area contributed by atoms with Crippen LogP contribution in [-0.4, -0.2) is 23.7 Å². The molecule has 0 saturated carbocycles. The average molecular weight is 253 g/mol. The maximum absolute atomic E-state index is 11.8. The largest absolute Gasteiger partial charge is 0.392 e. The zero-order chi connectivity index (χ0) is 12.3. The first-order chi connectivity index (χ1) is 8.16. The van der Waals surface area contributed by atoms with Gasteiger partial charge in [-0.1, -0.05) is 6.42 Å². The van der Waals surface area contributed by atoms with Crippen molar-refractivity contribution in [3.8, 4) is 0 Å². The molecule has 0 saturated heterocycles. The van der Waals surface area contributed by atoms with Crippen LogP contribution in [0.1, 0.15) is 46.3 Å². The second-order valence-corrected chi connectivity index (χ2v) is 5.82. The lowest BCUT2D eigenvalue weighted by Gasteiger charge is -2.05. The van der Waals surface area contributed by atoms with Crippen molar-refractivity contribution in [2.24, 2.45) is 0 Å². The number of aryl methyl sites for hydroxylation is 2. The maximum Gasteiger partial charge on any atom is 0.261 e. The molecule has 94 valence electrons. The summed E-state index contributed by atoms with van der Waals surface area (Å²) in [5, 5.41) is 11.9. The number of hydrogen-bond donors (Lipinski definition) is 2. The number of rotatable bonds is 3. The first kappa shape index (κ1) is 12.6. The highest BCUT2D eigenvalue weighted by molar-refractivity contribution is 7.14. The van der Waals surface area contributed by atoms with Crippen LogP contribution >= 0.6 is 11.3 Å². The van der Waals surface area contributed by atoms with E-state index >= 15 is 0 Å². The summed E-state index contributed by atoms with van der Waals surface area (Å²) < 4.78 is 0. The van der Waals surface area contributed by atoms with E-state index < -0.39 is 6.10 Å². The summed E-state index contributed by atoms with van der Waals surface area (Å²) in [6, 6.07) is 2.03. The second-order valence-electron chi connectivity index (χ2n) is 4.68. The van der Waals surface area contributed by atoms with Crippen LogP contribution in [0.5, 0.6) is 0 Å². The van der Waals surface area contributed by atoms with Crippen LogP contribution in [0.4, 0.5) is 0 Å². The summed E-state index contributed by atoms with van der Waals surface area (Å²) in [5.74, 6) is -0.0519. The molecule has 0 unspecified atom stereocenters. The van der Waals surface area contributed by atoms with Crippen molar-refractivity contribution >= 4 is 17.2 Å². The average Bonchev–Trinajstić information content (AvgIpc) is 2.58. The van der Waals surface area contributed by atoms with Gasteiger partial charge in [0, 0.05) is 11.4 Å². The molecule has 17 heavy (non-hydrogen) atoms. The van der Waals surface area contributed by atoms with E-state index in [1.165, 1.54) is 29.7 Å². The minimum Gasteiger partial charge on any atom is -0.392 e. The first-order valence-electron chi connectivity index (χ1n) is 6.24. The van der Waals surface area contributed by atoms with Gasteiger partial charge in [0.2, 0.25) is 0 Å². The molecule has 0 aliphatic heterocycles. The van der Waals surface area contributed by atoms with Gasteiger partial charge in [-0.15, -0.1) is 11.3 Å². The Balaban J connectivity index is 2.04. The van der Waals surface area contributed by atoms with Gasteiger partial charge in [0.05, 0.1) is 11.0 Å². The molecule has 2 rings (SSSR count). The van der Waals surface area contributed by atoms with E-state index in [4.69, 9.17) is 5.11 Å². The molecule has 1 atom stereocenters. The third kappa shape index (κ3) is 3.30. The van der Waals surface area contributed by atoms with Crippen LogP contribution < -0.4 is 5.32 Å². The van der Waals surface area contributed by atoms with Crippen molar-refractivity contribution in [3.63, 3.8) is 0 Å². The second kappa shape index (κ2) is 5.65. The number of hydrogen-bond acceptors (Lipinski definition) is 3. The summed E-state index contributed by atoms with van der Waals surface area (Å²) in [7, 11) is 0. The Hall–Kier alpha value is -0.870. The third-order valence-electron chi connectivity index (χ3n) is 3.03. The minimum absolute atomic E-state index is 0.0519. The number of nitrogens with one attached hydrogen (secondary N) is 1. The van der Waals surface area contributed by atoms with Gasteiger partial charge in [0.25, 0.3) is 5.91 Å². The molecule has 0 aromatic carbocycles. The molecule has 0 bridgehead atoms.